The third-order valence-corrected chi connectivity index (χ3v) is 5.92. The van der Waals surface area contributed by atoms with Crippen LogP contribution in [0.1, 0.15) is 72.9 Å². The minimum atomic E-state index is 0.463. The summed E-state index contributed by atoms with van der Waals surface area (Å²) in [5, 5.41) is 3.69. The normalized spacial score (nSPS) is 19.3. The molecule has 1 heteroatoms. The van der Waals surface area contributed by atoms with Gasteiger partial charge in [0, 0.05) is 6.04 Å². The van der Waals surface area contributed by atoms with E-state index in [2.05, 4.69) is 53.0 Å². The summed E-state index contributed by atoms with van der Waals surface area (Å²) >= 11 is 0. The summed E-state index contributed by atoms with van der Waals surface area (Å²) in [5.41, 5.74) is 7.90. The van der Waals surface area contributed by atoms with Gasteiger partial charge in [0.1, 0.15) is 0 Å². The van der Waals surface area contributed by atoms with Crippen molar-refractivity contribution >= 4 is 0 Å². The first-order valence-corrected chi connectivity index (χ1v) is 8.21. The number of benzene rings is 1. The molecule has 1 N–H and O–H groups in total. The molecule has 0 saturated heterocycles. The molecule has 0 radical (unpaired) electrons. The maximum Gasteiger partial charge on any atom is 0.0380 e. The highest BCUT2D eigenvalue weighted by Crippen LogP contribution is 2.51. The van der Waals surface area contributed by atoms with Crippen molar-refractivity contribution in [3.8, 4) is 0 Å². The smallest absolute Gasteiger partial charge is 0.0380 e. The summed E-state index contributed by atoms with van der Waals surface area (Å²) in [6.07, 6.45) is 6.83. The van der Waals surface area contributed by atoms with Gasteiger partial charge < -0.3 is 5.32 Å². The summed E-state index contributed by atoms with van der Waals surface area (Å²) in [4.78, 5) is 0. The van der Waals surface area contributed by atoms with E-state index in [1.54, 1.807) is 5.56 Å². The van der Waals surface area contributed by atoms with Crippen LogP contribution in [-0.4, -0.2) is 7.05 Å². The maximum atomic E-state index is 3.69. The predicted molar refractivity (Wildman–Crippen MR) is 88.4 cm³/mol. The van der Waals surface area contributed by atoms with E-state index < -0.39 is 0 Å². The number of hydrogen-bond donors (Lipinski definition) is 1. The Morgan fingerprint density at radius 1 is 1.05 bits per heavy atom. The van der Waals surface area contributed by atoms with Gasteiger partial charge in [-0.3, -0.25) is 0 Å². The van der Waals surface area contributed by atoms with Crippen molar-refractivity contribution in [1.29, 1.82) is 0 Å². The molecule has 0 heterocycles. The molecule has 1 saturated carbocycles. The molecule has 20 heavy (non-hydrogen) atoms. The van der Waals surface area contributed by atoms with Crippen LogP contribution < -0.4 is 5.32 Å². The molecular weight excluding hydrogens is 242 g/mol. The molecular formula is C19H31N. The van der Waals surface area contributed by atoms with E-state index in [0.717, 1.165) is 0 Å². The van der Waals surface area contributed by atoms with Gasteiger partial charge in [-0.2, -0.15) is 0 Å². The fourth-order valence-electron chi connectivity index (χ4n) is 4.36. The highest BCUT2D eigenvalue weighted by molar-refractivity contribution is 5.46. The molecule has 1 aromatic rings. The second-order valence-corrected chi connectivity index (χ2v) is 6.82. The lowest BCUT2D eigenvalue weighted by Gasteiger charge is -2.39. The molecule has 112 valence electrons. The topological polar surface area (TPSA) is 12.0 Å². The van der Waals surface area contributed by atoms with Crippen LogP contribution in [0.3, 0.4) is 0 Å². The third kappa shape index (κ3) is 2.41. The second kappa shape index (κ2) is 5.89. The molecule has 0 bridgehead atoms. The van der Waals surface area contributed by atoms with Crippen LogP contribution in [0, 0.1) is 33.1 Å². The second-order valence-electron chi connectivity index (χ2n) is 6.82. The van der Waals surface area contributed by atoms with Crippen molar-refractivity contribution in [2.75, 3.05) is 7.05 Å². The predicted octanol–water partition coefficient (Wildman–Crippen LogP) is 5.15. The van der Waals surface area contributed by atoms with Crippen LogP contribution in [0.2, 0.25) is 0 Å². The SMILES string of the molecule is CCC1(C(NC)c2c(C)c(C)cc(C)c2C)CCCC1. The Balaban J connectivity index is 2.57. The van der Waals surface area contributed by atoms with Gasteiger partial charge in [-0.15, -0.1) is 0 Å². The minimum Gasteiger partial charge on any atom is -0.313 e. The summed E-state index contributed by atoms with van der Waals surface area (Å²) in [5.74, 6) is 0. The van der Waals surface area contributed by atoms with Gasteiger partial charge in [-0.05, 0) is 87.2 Å². The number of aryl methyl sites for hydroxylation is 2. The lowest BCUT2D eigenvalue weighted by Crippen LogP contribution is -2.35. The van der Waals surface area contributed by atoms with E-state index >= 15 is 0 Å². The van der Waals surface area contributed by atoms with Crippen molar-refractivity contribution in [2.45, 2.75) is 72.8 Å². The molecule has 1 unspecified atom stereocenters. The molecule has 1 fully saturated rings. The number of nitrogens with one attached hydrogen (secondary N) is 1. The van der Waals surface area contributed by atoms with Crippen molar-refractivity contribution in [1.82, 2.24) is 5.32 Å². The fraction of sp³-hybridized carbons (Fsp3) is 0.684. The van der Waals surface area contributed by atoms with Crippen molar-refractivity contribution in [3.05, 3.63) is 33.9 Å². The van der Waals surface area contributed by atoms with Gasteiger partial charge in [0.15, 0.2) is 0 Å². The first-order valence-electron chi connectivity index (χ1n) is 8.21. The molecule has 1 aliphatic rings. The summed E-state index contributed by atoms with van der Waals surface area (Å²) in [7, 11) is 2.15. The van der Waals surface area contributed by atoms with Gasteiger partial charge in [-0.25, -0.2) is 0 Å². The Labute approximate surface area is 125 Å². The average molecular weight is 273 g/mol. The first kappa shape index (κ1) is 15.6. The monoisotopic (exact) mass is 273 g/mol. The van der Waals surface area contributed by atoms with Gasteiger partial charge in [0.05, 0.1) is 0 Å². The Hall–Kier alpha value is -0.820. The van der Waals surface area contributed by atoms with Crippen LogP contribution in [0.4, 0.5) is 0 Å². The number of rotatable bonds is 4. The molecule has 1 nitrogen and oxygen atoms in total. The molecule has 1 aromatic carbocycles. The highest BCUT2D eigenvalue weighted by Gasteiger charge is 2.41. The van der Waals surface area contributed by atoms with Gasteiger partial charge >= 0.3 is 0 Å². The van der Waals surface area contributed by atoms with E-state index in [1.807, 2.05) is 0 Å². The Bertz CT molecular complexity index is 455. The average Bonchev–Trinajstić information content (AvgIpc) is 2.91. The van der Waals surface area contributed by atoms with E-state index in [1.165, 1.54) is 54.4 Å². The minimum absolute atomic E-state index is 0.463. The zero-order chi connectivity index (χ0) is 14.9. The van der Waals surface area contributed by atoms with Crippen molar-refractivity contribution in [2.24, 2.45) is 5.41 Å². The first-order chi connectivity index (χ1) is 9.46. The maximum absolute atomic E-state index is 3.69. The molecule has 0 amide bonds. The van der Waals surface area contributed by atoms with Gasteiger partial charge in [0.25, 0.3) is 0 Å². The largest absolute Gasteiger partial charge is 0.313 e. The summed E-state index contributed by atoms with van der Waals surface area (Å²) < 4.78 is 0. The summed E-state index contributed by atoms with van der Waals surface area (Å²) in [6, 6.07) is 2.85. The molecule has 2 rings (SSSR count). The van der Waals surface area contributed by atoms with E-state index in [0.29, 0.717) is 11.5 Å². The highest BCUT2D eigenvalue weighted by atomic mass is 14.9. The molecule has 0 aromatic heterocycles. The van der Waals surface area contributed by atoms with Gasteiger partial charge in [-0.1, -0.05) is 25.8 Å². The zero-order valence-corrected chi connectivity index (χ0v) is 14.2. The molecule has 0 spiro atoms. The lowest BCUT2D eigenvalue weighted by molar-refractivity contribution is 0.194. The van der Waals surface area contributed by atoms with Crippen LogP contribution in [0.15, 0.2) is 6.07 Å². The van der Waals surface area contributed by atoms with E-state index in [-0.39, 0.29) is 0 Å². The molecule has 1 aliphatic carbocycles. The Morgan fingerprint density at radius 3 is 1.95 bits per heavy atom. The van der Waals surface area contributed by atoms with Crippen molar-refractivity contribution in [3.63, 3.8) is 0 Å². The van der Waals surface area contributed by atoms with Crippen LogP contribution in [-0.2, 0) is 0 Å². The van der Waals surface area contributed by atoms with Crippen molar-refractivity contribution < 1.29 is 0 Å². The van der Waals surface area contributed by atoms with E-state index in [4.69, 9.17) is 0 Å². The Kier molecular flexibility index (Phi) is 4.59. The van der Waals surface area contributed by atoms with Crippen LogP contribution >= 0.6 is 0 Å². The van der Waals surface area contributed by atoms with Crippen LogP contribution in [0.5, 0.6) is 0 Å². The van der Waals surface area contributed by atoms with Gasteiger partial charge in [0.2, 0.25) is 0 Å². The lowest BCUT2D eigenvalue weighted by atomic mass is 9.71. The Morgan fingerprint density at radius 2 is 1.55 bits per heavy atom. The quantitative estimate of drug-likeness (QED) is 0.800. The standard InChI is InChI=1S/C19H31N/c1-7-19(10-8-9-11-19)18(20-6)17-15(4)13(2)12-14(3)16(17)5/h12,18,20H,7-11H2,1-6H3. The van der Waals surface area contributed by atoms with E-state index in [9.17, 15) is 0 Å². The third-order valence-electron chi connectivity index (χ3n) is 5.92. The summed E-state index contributed by atoms with van der Waals surface area (Å²) in [6.45, 7) is 11.5. The molecule has 0 aliphatic heterocycles. The number of hydrogen-bond acceptors (Lipinski definition) is 1. The molecule has 1 atom stereocenters. The fourth-order valence-corrected chi connectivity index (χ4v) is 4.36. The van der Waals surface area contributed by atoms with Crippen LogP contribution in [0.25, 0.3) is 0 Å². The zero-order valence-electron chi connectivity index (χ0n) is 14.2.